The summed E-state index contributed by atoms with van der Waals surface area (Å²) in [4.78, 5) is 38.0. The zero-order valence-electron chi connectivity index (χ0n) is 10.6. The van der Waals surface area contributed by atoms with Gasteiger partial charge in [0.05, 0.1) is 0 Å². The number of H-pyrrole nitrogens is 2. The van der Waals surface area contributed by atoms with Gasteiger partial charge in [-0.1, -0.05) is 18.2 Å². The highest BCUT2D eigenvalue weighted by atomic mass is 32.1. The molecule has 0 aliphatic carbocycles. The van der Waals surface area contributed by atoms with Crippen LogP contribution >= 0.6 is 12.2 Å². The second-order valence-corrected chi connectivity index (χ2v) is 4.31. The summed E-state index contributed by atoms with van der Waals surface area (Å²) < 4.78 is 0. The Morgan fingerprint density at radius 3 is 2.43 bits per heavy atom. The Balaban J connectivity index is 1.93. The summed E-state index contributed by atoms with van der Waals surface area (Å²) in [5, 5.41) is 2.99. The second-order valence-electron chi connectivity index (χ2n) is 3.90. The summed E-state index contributed by atoms with van der Waals surface area (Å²) in [5.41, 5.74) is 3.84. The fourth-order valence-corrected chi connectivity index (χ4v) is 1.62. The van der Waals surface area contributed by atoms with Crippen molar-refractivity contribution in [2.75, 3.05) is 5.32 Å². The number of hydrogen-bond donors (Lipinski definition) is 5. The molecular formula is C12H11N5O3S. The molecule has 8 nitrogen and oxygen atoms in total. The number of hydrogen-bond acceptors (Lipinski definition) is 4. The maximum absolute atomic E-state index is 11.7. The number of carbonyl (C=O) groups excluding carboxylic acids is 1. The lowest BCUT2D eigenvalue weighted by Gasteiger charge is -2.11. The quantitative estimate of drug-likeness (QED) is 0.384. The standard InChI is InChI=1S/C12H11N5O3S/c18-9-6-8(14-11(20)15-9)10(19)16-17-12(21)13-7-4-2-1-3-5-7/h1-6H,(H,16,19)(H2,13,17,21)(H2,14,15,18,20). The molecular weight excluding hydrogens is 294 g/mol. The molecule has 0 saturated carbocycles. The monoisotopic (exact) mass is 305 g/mol. The molecule has 108 valence electrons. The fourth-order valence-electron chi connectivity index (χ4n) is 1.46. The first-order valence-corrected chi connectivity index (χ1v) is 6.21. The van der Waals surface area contributed by atoms with Crippen molar-refractivity contribution in [1.82, 2.24) is 20.8 Å². The molecule has 1 amide bonds. The van der Waals surface area contributed by atoms with Crippen LogP contribution in [0, 0.1) is 0 Å². The van der Waals surface area contributed by atoms with E-state index in [0.29, 0.717) is 0 Å². The third kappa shape index (κ3) is 4.28. The molecule has 1 aromatic heterocycles. The predicted molar refractivity (Wildman–Crippen MR) is 80.9 cm³/mol. The average Bonchev–Trinajstić information content (AvgIpc) is 2.45. The summed E-state index contributed by atoms with van der Waals surface area (Å²) >= 11 is 4.98. The van der Waals surface area contributed by atoms with Crippen LogP contribution in [0.15, 0.2) is 46.0 Å². The van der Waals surface area contributed by atoms with Gasteiger partial charge in [0.2, 0.25) is 0 Å². The van der Waals surface area contributed by atoms with E-state index in [1.807, 2.05) is 23.2 Å². The first-order valence-electron chi connectivity index (χ1n) is 5.80. The van der Waals surface area contributed by atoms with Crippen LogP contribution in [0.5, 0.6) is 0 Å². The highest BCUT2D eigenvalue weighted by molar-refractivity contribution is 7.80. The van der Waals surface area contributed by atoms with Crippen LogP contribution in [-0.2, 0) is 0 Å². The van der Waals surface area contributed by atoms with Crippen LogP contribution in [0.3, 0.4) is 0 Å². The van der Waals surface area contributed by atoms with Crippen molar-refractivity contribution < 1.29 is 4.79 Å². The molecule has 2 aromatic rings. The molecule has 0 radical (unpaired) electrons. The Morgan fingerprint density at radius 2 is 1.76 bits per heavy atom. The second kappa shape index (κ2) is 6.48. The number of aromatic amines is 2. The number of aromatic nitrogens is 2. The third-order valence-corrected chi connectivity index (χ3v) is 2.53. The number of rotatable bonds is 2. The number of benzene rings is 1. The van der Waals surface area contributed by atoms with E-state index >= 15 is 0 Å². The molecule has 0 bridgehead atoms. The van der Waals surface area contributed by atoms with Crippen molar-refractivity contribution in [3.63, 3.8) is 0 Å². The smallest absolute Gasteiger partial charge is 0.326 e. The van der Waals surface area contributed by atoms with E-state index in [-0.39, 0.29) is 10.8 Å². The lowest BCUT2D eigenvalue weighted by Crippen LogP contribution is -2.44. The zero-order valence-corrected chi connectivity index (χ0v) is 11.4. The maximum Gasteiger partial charge on any atom is 0.326 e. The summed E-state index contributed by atoms with van der Waals surface area (Å²) in [6.45, 7) is 0. The maximum atomic E-state index is 11.7. The van der Waals surface area contributed by atoms with Crippen molar-refractivity contribution in [2.24, 2.45) is 0 Å². The highest BCUT2D eigenvalue weighted by Gasteiger charge is 2.08. The molecule has 5 N–H and O–H groups in total. The molecule has 9 heteroatoms. The lowest BCUT2D eigenvalue weighted by atomic mass is 10.3. The molecule has 1 heterocycles. The number of amides is 1. The minimum absolute atomic E-state index is 0.154. The molecule has 1 aromatic carbocycles. The normalized spacial score (nSPS) is 9.71. The van der Waals surface area contributed by atoms with Gasteiger partial charge in [0.15, 0.2) is 5.11 Å². The van der Waals surface area contributed by atoms with Crippen LogP contribution in [0.1, 0.15) is 10.5 Å². The van der Waals surface area contributed by atoms with Crippen LogP contribution in [0.2, 0.25) is 0 Å². The van der Waals surface area contributed by atoms with Gasteiger partial charge in [0.1, 0.15) is 5.69 Å². The third-order valence-electron chi connectivity index (χ3n) is 2.33. The minimum Gasteiger partial charge on any atom is -0.331 e. The Morgan fingerprint density at radius 1 is 1.05 bits per heavy atom. The number of para-hydroxylation sites is 1. The van der Waals surface area contributed by atoms with E-state index in [4.69, 9.17) is 12.2 Å². The topological polar surface area (TPSA) is 119 Å². The van der Waals surface area contributed by atoms with Gasteiger partial charge in [-0.3, -0.25) is 25.4 Å². The molecule has 0 saturated heterocycles. The van der Waals surface area contributed by atoms with E-state index in [1.165, 1.54) is 0 Å². The van der Waals surface area contributed by atoms with Gasteiger partial charge >= 0.3 is 5.69 Å². The van der Waals surface area contributed by atoms with Crippen molar-refractivity contribution in [2.45, 2.75) is 0 Å². The largest absolute Gasteiger partial charge is 0.331 e. The van der Waals surface area contributed by atoms with Gasteiger partial charge in [-0.25, -0.2) is 4.79 Å². The van der Waals surface area contributed by atoms with E-state index < -0.39 is 17.2 Å². The van der Waals surface area contributed by atoms with Crippen molar-refractivity contribution >= 4 is 28.9 Å². The Bertz CT molecular complexity index is 740. The van der Waals surface area contributed by atoms with Gasteiger partial charge in [-0.2, -0.15) is 0 Å². The summed E-state index contributed by atoms with van der Waals surface area (Å²) in [6, 6.07) is 10.1. The van der Waals surface area contributed by atoms with Crippen molar-refractivity contribution in [3.05, 3.63) is 62.9 Å². The predicted octanol–water partition coefficient (Wildman–Crippen LogP) is -0.305. The number of thiocarbonyl (C=S) groups is 1. The van der Waals surface area contributed by atoms with Gasteiger partial charge < -0.3 is 10.3 Å². The molecule has 0 aliphatic rings. The number of anilines is 1. The van der Waals surface area contributed by atoms with Crippen LogP contribution < -0.4 is 27.4 Å². The SMILES string of the molecule is O=C(NNC(=S)Nc1ccccc1)c1cc(=O)[nH]c(=O)[nH]1. The minimum atomic E-state index is -0.766. The molecule has 0 unspecified atom stereocenters. The summed E-state index contributed by atoms with van der Waals surface area (Å²) in [5.74, 6) is -0.699. The summed E-state index contributed by atoms with van der Waals surface area (Å²) in [7, 11) is 0. The number of nitrogens with one attached hydrogen (secondary N) is 5. The average molecular weight is 305 g/mol. The molecule has 0 aliphatic heterocycles. The van der Waals surface area contributed by atoms with Crippen molar-refractivity contribution in [1.29, 1.82) is 0 Å². The van der Waals surface area contributed by atoms with E-state index in [0.717, 1.165) is 11.8 Å². The number of hydrazine groups is 1. The lowest BCUT2D eigenvalue weighted by molar-refractivity contribution is 0.0938. The van der Waals surface area contributed by atoms with Gasteiger partial charge in [0.25, 0.3) is 11.5 Å². The van der Waals surface area contributed by atoms with Crippen LogP contribution in [0.4, 0.5) is 5.69 Å². The van der Waals surface area contributed by atoms with Crippen LogP contribution in [0.25, 0.3) is 0 Å². The highest BCUT2D eigenvalue weighted by Crippen LogP contribution is 2.03. The fraction of sp³-hybridized carbons (Fsp3) is 0. The molecule has 21 heavy (non-hydrogen) atoms. The molecule has 2 rings (SSSR count). The van der Waals surface area contributed by atoms with E-state index in [2.05, 4.69) is 21.2 Å². The van der Waals surface area contributed by atoms with E-state index in [1.54, 1.807) is 12.1 Å². The van der Waals surface area contributed by atoms with Gasteiger partial charge in [-0.05, 0) is 24.4 Å². The Kier molecular flexibility index (Phi) is 4.46. The summed E-state index contributed by atoms with van der Waals surface area (Å²) in [6.07, 6.45) is 0. The Labute approximate surface area is 123 Å². The van der Waals surface area contributed by atoms with Crippen LogP contribution in [-0.4, -0.2) is 21.0 Å². The first kappa shape index (κ1) is 14.5. The number of carbonyl (C=O) groups is 1. The van der Waals surface area contributed by atoms with Gasteiger partial charge in [-0.15, -0.1) is 0 Å². The van der Waals surface area contributed by atoms with Gasteiger partial charge in [0, 0.05) is 11.8 Å². The molecule has 0 spiro atoms. The first-order chi connectivity index (χ1) is 10.0. The zero-order chi connectivity index (χ0) is 15.2. The van der Waals surface area contributed by atoms with E-state index in [9.17, 15) is 14.4 Å². The Hall–Kier alpha value is -2.94. The molecule has 0 atom stereocenters. The molecule has 0 fully saturated rings. The van der Waals surface area contributed by atoms with Crippen molar-refractivity contribution in [3.8, 4) is 0 Å².